The molecule has 3 rings (SSSR count). The third-order valence-corrected chi connectivity index (χ3v) is 5.74. The van der Waals surface area contributed by atoms with E-state index in [9.17, 15) is 4.79 Å². The summed E-state index contributed by atoms with van der Waals surface area (Å²) >= 11 is 6.16. The van der Waals surface area contributed by atoms with Crippen molar-refractivity contribution in [1.82, 2.24) is 5.32 Å². The van der Waals surface area contributed by atoms with Crippen LogP contribution in [0.15, 0.2) is 48.5 Å². The molecule has 1 aliphatic rings. The molecule has 2 atom stereocenters. The predicted octanol–water partition coefficient (Wildman–Crippen LogP) is 5.39. The van der Waals surface area contributed by atoms with Crippen LogP contribution in [-0.2, 0) is 11.2 Å². The van der Waals surface area contributed by atoms with Gasteiger partial charge in [-0.3, -0.25) is 4.79 Å². The van der Waals surface area contributed by atoms with Gasteiger partial charge in [-0.1, -0.05) is 48.9 Å². The number of amides is 1. The van der Waals surface area contributed by atoms with E-state index in [1.54, 1.807) is 0 Å². The summed E-state index contributed by atoms with van der Waals surface area (Å²) in [5, 5.41) is 3.82. The van der Waals surface area contributed by atoms with Crippen LogP contribution in [0.25, 0.3) is 0 Å². The highest BCUT2D eigenvalue weighted by Crippen LogP contribution is 2.24. The summed E-state index contributed by atoms with van der Waals surface area (Å²) in [5.74, 6) is 0.811. The average molecular weight is 385 g/mol. The largest absolute Gasteiger partial charge is 0.371 e. The van der Waals surface area contributed by atoms with Gasteiger partial charge in [-0.25, -0.2) is 0 Å². The fourth-order valence-corrected chi connectivity index (χ4v) is 3.97. The van der Waals surface area contributed by atoms with E-state index in [1.165, 1.54) is 18.5 Å². The Morgan fingerprint density at radius 1 is 1.22 bits per heavy atom. The maximum atomic E-state index is 12.3. The molecule has 0 spiro atoms. The Bertz CT molecular complexity index is 759. The number of anilines is 1. The lowest BCUT2D eigenvalue weighted by Gasteiger charge is -2.33. The number of hydrogen-bond donors (Lipinski definition) is 1. The van der Waals surface area contributed by atoms with Crippen molar-refractivity contribution in [2.75, 3.05) is 18.0 Å². The molecule has 0 unspecified atom stereocenters. The first kappa shape index (κ1) is 19.8. The van der Waals surface area contributed by atoms with Crippen molar-refractivity contribution in [3.8, 4) is 0 Å². The summed E-state index contributed by atoms with van der Waals surface area (Å²) in [6.07, 6.45) is 3.69. The molecule has 1 N–H and O–H groups in total. The molecule has 2 aromatic carbocycles. The van der Waals surface area contributed by atoms with Crippen LogP contribution >= 0.6 is 11.6 Å². The zero-order valence-electron chi connectivity index (χ0n) is 16.2. The van der Waals surface area contributed by atoms with E-state index < -0.39 is 0 Å². The molecule has 27 heavy (non-hydrogen) atoms. The minimum Gasteiger partial charge on any atom is -0.371 e. The molecule has 144 valence electrons. The van der Waals surface area contributed by atoms with Crippen molar-refractivity contribution in [3.63, 3.8) is 0 Å². The van der Waals surface area contributed by atoms with Crippen LogP contribution in [0.4, 0.5) is 5.69 Å². The van der Waals surface area contributed by atoms with Gasteiger partial charge in [-0.2, -0.15) is 0 Å². The molecule has 3 nitrogen and oxygen atoms in total. The lowest BCUT2D eigenvalue weighted by molar-refractivity contribution is -0.121. The van der Waals surface area contributed by atoms with E-state index in [1.807, 2.05) is 31.2 Å². The number of benzene rings is 2. The van der Waals surface area contributed by atoms with Crippen LogP contribution in [0.1, 0.15) is 50.3 Å². The normalized spacial score (nSPS) is 18.2. The highest BCUT2D eigenvalue weighted by atomic mass is 35.5. The zero-order chi connectivity index (χ0) is 19.2. The van der Waals surface area contributed by atoms with Gasteiger partial charge in [0.15, 0.2) is 0 Å². The van der Waals surface area contributed by atoms with Gasteiger partial charge in [0.05, 0.1) is 6.04 Å². The third kappa shape index (κ3) is 5.49. The summed E-state index contributed by atoms with van der Waals surface area (Å²) in [6.45, 7) is 6.62. The number of nitrogens with zero attached hydrogens (tertiary/aromatic N) is 1. The SMILES string of the molecule is C[C@H]1CCCN(c2ccc([C@H](C)NC(=O)CCc3ccccc3Cl)cc2)C1. The van der Waals surface area contributed by atoms with Crippen LogP contribution < -0.4 is 10.2 Å². The molecule has 4 heteroatoms. The summed E-state index contributed by atoms with van der Waals surface area (Å²) in [6, 6.07) is 16.3. The topological polar surface area (TPSA) is 32.3 Å². The van der Waals surface area contributed by atoms with E-state index in [2.05, 4.69) is 41.4 Å². The van der Waals surface area contributed by atoms with Gasteiger partial charge in [0, 0.05) is 30.2 Å². The Hall–Kier alpha value is -2.00. The molecular weight excluding hydrogens is 356 g/mol. The molecule has 0 saturated carbocycles. The second-order valence-corrected chi connectivity index (χ2v) is 8.07. The number of hydrogen-bond acceptors (Lipinski definition) is 2. The van der Waals surface area contributed by atoms with Gasteiger partial charge in [0.1, 0.15) is 0 Å². The van der Waals surface area contributed by atoms with Crippen LogP contribution in [0.3, 0.4) is 0 Å². The standard InChI is InChI=1S/C23H29ClN2O/c1-17-6-5-15-26(16-17)21-12-9-19(10-13-21)18(2)25-23(27)14-11-20-7-3-4-8-22(20)24/h3-4,7-10,12-13,17-18H,5-6,11,14-16H2,1-2H3,(H,25,27)/t17-,18-/m0/s1. The monoisotopic (exact) mass is 384 g/mol. The Morgan fingerprint density at radius 3 is 2.67 bits per heavy atom. The molecule has 1 fully saturated rings. The van der Waals surface area contributed by atoms with Crippen molar-refractivity contribution in [1.29, 1.82) is 0 Å². The fourth-order valence-electron chi connectivity index (χ4n) is 3.74. The summed E-state index contributed by atoms with van der Waals surface area (Å²) in [5.41, 5.74) is 3.43. The number of piperidine rings is 1. The molecule has 0 bridgehead atoms. The van der Waals surface area contributed by atoms with E-state index in [-0.39, 0.29) is 11.9 Å². The Labute approximate surface area is 167 Å². The maximum absolute atomic E-state index is 12.3. The summed E-state index contributed by atoms with van der Waals surface area (Å²) in [4.78, 5) is 14.8. The molecule has 2 aromatic rings. The van der Waals surface area contributed by atoms with E-state index in [0.717, 1.165) is 35.2 Å². The number of halogens is 1. The minimum absolute atomic E-state index is 0.00178. The van der Waals surface area contributed by atoms with Gasteiger partial charge in [-0.05, 0) is 61.4 Å². The molecule has 0 aromatic heterocycles. The first-order valence-corrected chi connectivity index (χ1v) is 10.3. The number of aryl methyl sites for hydroxylation is 1. The molecule has 0 aliphatic carbocycles. The van der Waals surface area contributed by atoms with Gasteiger partial charge < -0.3 is 10.2 Å². The van der Waals surface area contributed by atoms with E-state index in [0.29, 0.717) is 12.8 Å². The van der Waals surface area contributed by atoms with E-state index >= 15 is 0 Å². The number of carbonyl (C=O) groups excluding carboxylic acids is 1. The zero-order valence-corrected chi connectivity index (χ0v) is 17.0. The molecule has 1 amide bonds. The molecule has 1 saturated heterocycles. The van der Waals surface area contributed by atoms with Crippen LogP contribution in [0, 0.1) is 5.92 Å². The van der Waals surface area contributed by atoms with Gasteiger partial charge in [0.2, 0.25) is 5.91 Å². The molecule has 1 heterocycles. The summed E-state index contributed by atoms with van der Waals surface area (Å²) in [7, 11) is 0. The molecule has 0 radical (unpaired) electrons. The first-order valence-electron chi connectivity index (χ1n) is 9.90. The van der Waals surface area contributed by atoms with Gasteiger partial charge >= 0.3 is 0 Å². The molecule has 1 aliphatic heterocycles. The summed E-state index contributed by atoms with van der Waals surface area (Å²) < 4.78 is 0. The lowest BCUT2D eigenvalue weighted by atomic mass is 9.99. The first-order chi connectivity index (χ1) is 13.0. The van der Waals surface area contributed by atoms with Crippen molar-refractivity contribution >= 4 is 23.2 Å². The lowest BCUT2D eigenvalue weighted by Crippen LogP contribution is -2.34. The van der Waals surface area contributed by atoms with Crippen molar-refractivity contribution in [3.05, 3.63) is 64.7 Å². The second-order valence-electron chi connectivity index (χ2n) is 7.67. The highest BCUT2D eigenvalue weighted by molar-refractivity contribution is 6.31. The Morgan fingerprint density at radius 2 is 1.96 bits per heavy atom. The third-order valence-electron chi connectivity index (χ3n) is 5.37. The Kier molecular flexibility index (Phi) is 6.78. The highest BCUT2D eigenvalue weighted by Gasteiger charge is 2.17. The van der Waals surface area contributed by atoms with Gasteiger partial charge in [0.25, 0.3) is 0 Å². The Balaban J connectivity index is 1.52. The van der Waals surface area contributed by atoms with Crippen molar-refractivity contribution in [2.24, 2.45) is 5.92 Å². The number of nitrogens with one attached hydrogen (secondary N) is 1. The van der Waals surface area contributed by atoms with Crippen LogP contribution in [0.5, 0.6) is 0 Å². The number of rotatable bonds is 6. The minimum atomic E-state index is -0.00178. The van der Waals surface area contributed by atoms with Crippen LogP contribution in [-0.4, -0.2) is 19.0 Å². The fraction of sp³-hybridized carbons (Fsp3) is 0.435. The second kappa shape index (κ2) is 9.27. The van der Waals surface area contributed by atoms with Crippen LogP contribution in [0.2, 0.25) is 5.02 Å². The van der Waals surface area contributed by atoms with Crippen molar-refractivity contribution in [2.45, 2.75) is 45.6 Å². The maximum Gasteiger partial charge on any atom is 0.220 e. The average Bonchev–Trinajstić information content (AvgIpc) is 2.67. The smallest absolute Gasteiger partial charge is 0.220 e. The van der Waals surface area contributed by atoms with Gasteiger partial charge in [-0.15, -0.1) is 0 Å². The molecular formula is C23H29ClN2O. The van der Waals surface area contributed by atoms with E-state index in [4.69, 9.17) is 11.6 Å². The van der Waals surface area contributed by atoms with Crippen molar-refractivity contribution < 1.29 is 4.79 Å². The quantitative estimate of drug-likeness (QED) is 0.724. The predicted molar refractivity (Wildman–Crippen MR) is 113 cm³/mol. The number of carbonyl (C=O) groups is 1.